The SMILES string of the molecule is Cc1nnc(C(=O)Nc2ccc(F)c([C@@]3(C)N=C(N)[C@@](C)(F)CC3(F)F)c2)o1. The highest BCUT2D eigenvalue weighted by molar-refractivity contribution is 6.00. The summed E-state index contributed by atoms with van der Waals surface area (Å²) in [5, 5.41) is 9.38. The fourth-order valence-electron chi connectivity index (χ4n) is 2.93. The molecule has 1 aliphatic rings. The van der Waals surface area contributed by atoms with Crippen molar-refractivity contribution in [3.8, 4) is 0 Å². The lowest BCUT2D eigenvalue weighted by Crippen LogP contribution is -2.56. The maximum Gasteiger partial charge on any atom is 0.313 e. The maximum atomic E-state index is 14.8. The van der Waals surface area contributed by atoms with Crippen molar-refractivity contribution >= 4 is 17.4 Å². The molecule has 0 saturated heterocycles. The van der Waals surface area contributed by atoms with Crippen molar-refractivity contribution in [3.05, 3.63) is 41.4 Å². The van der Waals surface area contributed by atoms with Crippen molar-refractivity contribution in [2.24, 2.45) is 10.7 Å². The molecule has 0 saturated carbocycles. The molecular weight excluding hydrogens is 382 g/mol. The van der Waals surface area contributed by atoms with Crippen LogP contribution in [0.25, 0.3) is 0 Å². The maximum absolute atomic E-state index is 14.8. The van der Waals surface area contributed by atoms with Crippen molar-refractivity contribution < 1.29 is 26.8 Å². The van der Waals surface area contributed by atoms with Gasteiger partial charge in [-0.15, -0.1) is 10.2 Å². The van der Waals surface area contributed by atoms with E-state index in [1.807, 2.05) is 0 Å². The van der Waals surface area contributed by atoms with E-state index >= 15 is 0 Å². The summed E-state index contributed by atoms with van der Waals surface area (Å²) in [4.78, 5) is 15.7. The summed E-state index contributed by atoms with van der Waals surface area (Å²) in [6.45, 7) is 3.33. The molecule has 11 heteroatoms. The minimum absolute atomic E-state index is 0.0170. The Bertz CT molecular complexity index is 972. The van der Waals surface area contributed by atoms with Crippen molar-refractivity contribution in [3.63, 3.8) is 0 Å². The molecule has 0 radical (unpaired) electrons. The number of halogens is 4. The van der Waals surface area contributed by atoms with Crippen LogP contribution in [0.5, 0.6) is 0 Å². The van der Waals surface area contributed by atoms with E-state index in [-0.39, 0.29) is 17.5 Å². The highest BCUT2D eigenvalue weighted by Gasteiger charge is 2.60. The third-order valence-corrected chi connectivity index (χ3v) is 4.61. The molecule has 2 heterocycles. The molecule has 0 spiro atoms. The third kappa shape index (κ3) is 3.20. The monoisotopic (exact) mass is 399 g/mol. The molecule has 0 fully saturated rings. The molecule has 2 atom stereocenters. The number of amides is 1. The van der Waals surface area contributed by atoms with Gasteiger partial charge >= 0.3 is 11.8 Å². The van der Waals surface area contributed by atoms with Gasteiger partial charge in [0.15, 0.2) is 11.2 Å². The topological polar surface area (TPSA) is 106 Å². The number of hydrogen-bond donors (Lipinski definition) is 2. The van der Waals surface area contributed by atoms with Crippen LogP contribution in [0.2, 0.25) is 0 Å². The van der Waals surface area contributed by atoms with E-state index in [0.717, 1.165) is 32.0 Å². The summed E-state index contributed by atoms with van der Waals surface area (Å²) < 4.78 is 63.2. The average Bonchev–Trinajstić information content (AvgIpc) is 3.01. The summed E-state index contributed by atoms with van der Waals surface area (Å²) in [7, 11) is 0. The molecular formula is C17H17F4N5O2. The second kappa shape index (κ2) is 6.28. The summed E-state index contributed by atoms with van der Waals surface area (Å²) in [5.41, 5.74) is -0.0376. The van der Waals surface area contributed by atoms with Gasteiger partial charge in [-0.2, -0.15) is 0 Å². The fraction of sp³-hybridized carbons (Fsp3) is 0.412. The molecule has 0 bridgehead atoms. The molecule has 28 heavy (non-hydrogen) atoms. The number of nitrogens with zero attached hydrogens (tertiary/aromatic N) is 3. The molecule has 1 aromatic heterocycles. The van der Waals surface area contributed by atoms with Gasteiger partial charge in [0.2, 0.25) is 5.89 Å². The molecule has 150 valence electrons. The number of alkyl halides is 3. The first-order chi connectivity index (χ1) is 12.9. The van der Waals surface area contributed by atoms with Crippen molar-refractivity contribution in [2.75, 3.05) is 5.32 Å². The number of amidine groups is 1. The number of anilines is 1. The Kier molecular flexibility index (Phi) is 4.43. The first kappa shape index (κ1) is 19.8. The lowest BCUT2D eigenvalue weighted by Gasteiger charge is -2.42. The van der Waals surface area contributed by atoms with Crippen LogP contribution in [0.15, 0.2) is 27.6 Å². The van der Waals surface area contributed by atoms with Gasteiger partial charge in [0, 0.05) is 18.2 Å². The molecule has 1 amide bonds. The van der Waals surface area contributed by atoms with Crippen LogP contribution in [0.4, 0.5) is 23.2 Å². The summed E-state index contributed by atoms with van der Waals surface area (Å²) in [6.07, 6.45) is -1.26. The highest BCUT2D eigenvalue weighted by atomic mass is 19.3. The van der Waals surface area contributed by atoms with E-state index in [2.05, 4.69) is 20.5 Å². The van der Waals surface area contributed by atoms with E-state index < -0.39 is 46.7 Å². The number of aliphatic imine (C=N–C) groups is 1. The van der Waals surface area contributed by atoms with Crippen LogP contribution >= 0.6 is 0 Å². The van der Waals surface area contributed by atoms with Gasteiger partial charge in [-0.05, 0) is 32.0 Å². The largest absolute Gasteiger partial charge is 0.417 e. The van der Waals surface area contributed by atoms with Crippen LogP contribution in [-0.4, -0.2) is 33.5 Å². The minimum atomic E-state index is -3.74. The highest BCUT2D eigenvalue weighted by Crippen LogP contribution is 2.50. The smallest absolute Gasteiger partial charge is 0.313 e. The van der Waals surface area contributed by atoms with Gasteiger partial charge in [-0.3, -0.25) is 9.79 Å². The van der Waals surface area contributed by atoms with Gasteiger partial charge in [0.1, 0.15) is 11.7 Å². The zero-order chi connectivity index (χ0) is 20.9. The summed E-state index contributed by atoms with van der Waals surface area (Å²) in [5.74, 6) is -6.42. The Labute approximate surface area is 157 Å². The number of nitrogens with two attached hydrogens (primary N) is 1. The molecule has 0 unspecified atom stereocenters. The second-order valence-corrected chi connectivity index (χ2v) is 6.92. The Morgan fingerprint density at radius 1 is 1.25 bits per heavy atom. The van der Waals surface area contributed by atoms with Gasteiger partial charge < -0.3 is 15.5 Å². The lowest BCUT2D eigenvalue weighted by atomic mass is 9.77. The van der Waals surface area contributed by atoms with Gasteiger partial charge in [0.05, 0.1) is 6.42 Å². The van der Waals surface area contributed by atoms with Crippen LogP contribution in [-0.2, 0) is 5.54 Å². The number of nitrogens with one attached hydrogen (secondary N) is 1. The number of hydrogen-bond acceptors (Lipinski definition) is 6. The molecule has 0 aliphatic carbocycles. The van der Waals surface area contributed by atoms with E-state index in [1.54, 1.807) is 0 Å². The fourth-order valence-corrected chi connectivity index (χ4v) is 2.93. The minimum Gasteiger partial charge on any atom is -0.417 e. The number of rotatable bonds is 3. The molecule has 7 nitrogen and oxygen atoms in total. The normalized spacial score (nSPS) is 26.6. The first-order valence-corrected chi connectivity index (χ1v) is 8.20. The summed E-state index contributed by atoms with van der Waals surface area (Å²) in [6, 6.07) is 3.04. The van der Waals surface area contributed by atoms with Crippen LogP contribution < -0.4 is 11.1 Å². The number of aromatic nitrogens is 2. The zero-order valence-corrected chi connectivity index (χ0v) is 15.2. The lowest BCUT2D eigenvalue weighted by molar-refractivity contribution is -0.106. The Morgan fingerprint density at radius 2 is 1.93 bits per heavy atom. The third-order valence-electron chi connectivity index (χ3n) is 4.61. The van der Waals surface area contributed by atoms with Crippen LogP contribution in [0.3, 0.4) is 0 Å². The van der Waals surface area contributed by atoms with Crippen molar-refractivity contribution in [1.29, 1.82) is 0 Å². The molecule has 1 aromatic carbocycles. The Hall–Kier alpha value is -2.98. The van der Waals surface area contributed by atoms with Gasteiger partial charge in [-0.1, -0.05) is 0 Å². The molecule has 1 aliphatic heterocycles. The molecule has 2 aromatic rings. The van der Waals surface area contributed by atoms with Crippen LogP contribution in [0, 0.1) is 12.7 Å². The molecule has 3 N–H and O–H groups in total. The van der Waals surface area contributed by atoms with Crippen molar-refractivity contribution in [2.45, 2.75) is 44.3 Å². The summed E-state index contributed by atoms with van der Waals surface area (Å²) >= 11 is 0. The predicted octanol–water partition coefficient (Wildman–Crippen LogP) is 3.11. The predicted molar refractivity (Wildman–Crippen MR) is 91.4 cm³/mol. The standard InChI is InChI=1S/C17H17F4N5O2/c1-8-25-26-13(28-8)12(27)23-9-4-5-11(18)10(6-9)16(3)17(20,21)7-15(2,19)14(22)24-16/h4-6H,7H2,1-3H3,(H2,22,24)(H,23,27)/t15-,16+/m0/s1. The Balaban J connectivity index is 2.01. The molecule has 3 rings (SSSR count). The van der Waals surface area contributed by atoms with Gasteiger partial charge in [-0.25, -0.2) is 17.6 Å². The van der Waals surface area contributed by atoms with Gasteiger partial charge in [0.25, 0.3) is 5.92 Å². The van der Waals surface area contributed by atoms with E-state index in [4.69, 9.17) is 10.2 Å². The van der Waals surface area contributed by atoms with E-state index in [0.29, 0.717) is 0 Å². The van der Waals surface area contributed by atoms with Crippen LogP contribution in [0.1, 0.15) is 42.4 Å². The average molecular weight is 399 g/mol. The first-order valence-electron chi connectivity index (χ1n) is 8.20. The number of benzene rings is 1. The van der Waals surface area contributed by atoms with E-state index in [1.165, 1.54) is 6.92 Å². The number of aryl methyl sites for hydroxylation is 1. The number of carbonyl (C=O) groups excluding carboxylic acids is 1. The quantitative estimate of drug-likeness (QED) is 0.772. The van der Waals surface area contributed by atoms with E-state index in [9.17, 15) is 22.4 Å². The number of carbonyl (C=O) groups is 1. The second-order valence-electron chi connectivity index (χ2n) is 6.92. The van der Waals surface area contributed by atoms with Crippen molar-refractivity contribution in [1.82, 2.24) is 10.2 Å². The zero-order valence-electron chi connectivity index (χ0n) is 15.2. The Morgan fingerprint density at radius 3 is 2.54 bits per heavy atom.